The van der Waals surface area contributed by atoms with E-state index >= 15 is 0 Å². The van der Waals surface area contributed by atoms with E-state index in [9.17, 15) is 10.1 Å². The van der Waals surface area contributed by atoms with Gasteiger partial charge in [-0.05, 0) is 50.3 Å². The number of amides is 1. The maximum atomic E-state index is 12.0. The fraction of sp³-hybridized carbons (Fsp3) is 0.500. The van der Waals surface area contributed by atoms with Gasteiger partial charge in [-0.25, -0.2) is 0 Å². The van der Waals surface area contributed by atoms with Crippen LogP contribution in [-0.2, 0) is 4.79 Å². The van der Waals surface area contributed by atoms with Crippen LogP contribution in [0, 0.1) is 17.2 Å². The van der Waals surface area contributed by atoms with Gasteiger partial charge in [0.05, 0.1) is 12.6 Å². The van der Waals surface area contributed by atoms with Crippen molar-refractivity contribution < 1.29 is 4.79 Å². The Kier molecular flexibility index (Phi) is 4.87. The zero-order valence-electron chi connectivity index (χ0n) is 12.3. The van der Waals surface area contributed by atoms with E-state index in [1.54, 1.807) is 6.92 Å². The molecule has 0 heterocycles. The van der Waals surface area contributed by atoms with Crippen molar-refractivity contribution in [2.24, 2.45) is 5.92 Å². The van der Waals surface area contributed by atoms with E-state index in [0.717, 1.165) is 18.4 Å². The van der Waals surface area contributed by atoms with Gasteiger partial charge in [0, 0.05) is 11.1 Å². The molecule has 1 aromatic rings. The second-order valence-electron chi connectivity index (χ2n) is 5.79. The molecule has 1 saturated carbocycles. The maximum Gasteiger partial charge on any atom is 0.235 e. The van der Waals surface area contributed by atoms with Crippen molar-refractivity contribution in [1.29, 1.82) is 5.26 Å². The summed E-state index contributed by atoms with van der Waals surface area (Å²) in [7, 11) is 0. The topological polar surface area (TPSA) is 64.9 Å². The van der Waals surface area contributed by atoms with Crippen molar-refractivity contribution in [1.82, 2.24) is 10.6 Å². The van der Waals surface area contributed by atoms with E-state index in [1.807, 2.05) is 31.2 Å². The predicted molar refractivity (Wildman–Crippen MR) is 82.8 cm³/mol. The van der Waals surface area contributed by atoms with E-state index in [-0.39, 0.29) is 18.5 Å². The molecule has 1 aromatic carbocycles. The predicted octanol–water partition coefficient (Wildman–Crippen LogP) is 2.80. The first-order valence-electron chi connectivity index (χ1n) is 7.16. The fourth-order valence-electron chi connectivity index (χ4n) is 2.33. The van der Waals surface area contributed by atoms with Crippen LogP contribution in [0.5, 0.6) is 0 Å². The van der Waals surface area contributed by atoms with Gasteiger partial charge in [0.25, 0.3) is 0 Å². The number of benzene rings is 1. The number of nitriles is 1. The molecule has 21 heavy (non-hydrogen) atoms. The molecule has 5 heteroatoms. The Morgan fingerprint density at radius 1 is 1.48 bits per heavy atom. The molecule has 1 fully saturated rings. The van der Waals surface area contributed by atoms with E-state index in [0.29, 0.717) is 10.9 Å². The van der Waals surface area contributed by atoms with Gasteiger partial charge in [-0.1, -0.05) is 23.7 Å². The SMILES string of the molecule is C[C@H](NCC(=O)N[C@@](C)(C#N)C1CC1)c1ccc(Cl)cc1. The molecule has 0 unspecified atom stereocenters. The second kappa shape index (κ2) is 6.46. The smallest absolute Gasteiger partial charge is 0.235 e. The first-order valence-corrected chi connectivity index (χ1v) is 7.53. The van der Waals surface area contributed by atoms with Gasteiger partial charge in [-0.3, -0.25) is 4.79 Å². The highest BCUT2D eigenvalue weighted by Gasteiger charge is 2.42. The van der Waals surface area contributed by atoms with Gasteiger partial charge in [-0.2, -0.15) is 5.26 Å². The molecule has 1 aliphatic carbocycles. The normalized spacial score (nSPS) is 18.4. The van der Waals surface area contributed by atoms with Crippen molar-refractivity contribution >= 4 is 17.5 Å². The Morgan fingerprint density at radius 3 is 2.62 bits per heavy atom. The lowest BCUT2D eigenvalue weighted by atomic mass is 9.98. The van der Waals surface area contributed by atoms with Crippen LogP contribution < -0.4 is 10.6 Å². The van der Waals surface area contributed by atoms with E-state index in [2.05, 4.69) is 16.7 Å². The molecular weight excluding hydrogens is 286 g/mol. The molecule has 2 rings (SSSR count). The Hall–Kier alpha value is -1.57. The third-order valence-electron chi connectivity index (χ3n) is 3.96. The highest BCUT2D eigenvalue weighted by molar-refractivity contribution is 6.30. The second-order valence-corrected chi connectivity index (χ2v) is 6.23. The molecule has 112 valence electrons. The van der Waals surface area contributed by atoms with Gasteiger partial charge in [0.2, 0.25) is 5.91 Å². The highest BCUT2D eigenvalue weighted by Crippen LogP contribution is 2.39. The molecule has 0 bridgehead atoms. The minimum absolute atomic E-state index is 0.0438. The number of hydrogen-bond acceptors (Lipinski definition) is 3. The largest absolute Gasteiger partial charge is 0.337 e. The number of carbonyl (C=O) groups excluding carboxylic acids is 1. The standard InChI is InChI=1S/C16H20ClN3O/c1-11(12-3-7-14(17)8-4-12)19-9-15(21)20-16(2,10-18)13-5-6-13/h3-4,7-8,11,13,19H,5-6,9H2,1-2H3,(H,20,21)/t11-,16-/m0/s1. The van der Waals surface area contributed by atoms with E-state index in [1.165, 1.54) is 0 Å². The first-order chi connectivity index (χ1) is 9.94. The van der Waals surface area contributed by atoms with Crippen LogP contribution in [-0.4, -0.2) is 18.0 Å². The zero-order chi connectivity index (χ0) is 15.5. The van der Waals surface area contributed by atoms with Crippen molar-refractivity contribution in [2.45, 2.75) is 38.3 Å². The van der Waals surface area contributed by atoms with Crippen molar-refractivity contribution in [3.8, 4) is 6.07 Å². The summed E-state index contributed by atoms with van der Waals surface area (Å²) in [6.45, 7) is 3.97. The summed E-state index contributed by atoms with van der Waals surface area (Å²) in [6, 6.07) is 9.79. The van der Waals surface area contributed by atoms with E-state index in [4.69, 9.17) is 11.6 Å². The summed E-state index contributed by atoms with van der Waals surface area (Å²) in [6.07, 6.45) is 2.03. The lowest BCUT2D eigenvalue weighted by Gasteiger charge is -2.23. The summed E-state index contributed by atoms with van der Waals surface area (Å²) in [5.74, 6) is 0.145. The Morgan fingerprint density at radius 2 is 2.10 bits per heavy atom. The number of nitrogens with zero attached hydrogens (tertiary/aromatic N) is 1. The fourth-order valence-corrected chi connectivity index (χ4v) is 2.46. The van der Waals surface area contributed by atoms with Crippen LogP contribution in [0.25, 0.3) is 0 Å². The number of nitrogens with one attached hydrogen (secondary N) is 2. The number of hydrogen-bond donors (Lipinski definition) is 2. The van der Waals surface area contributed by atoms with Crippen LogP contribution in [0.2, 0.25) is 5.02 Å². The number of rotatable bonds is 6. The third kappa shape index (κ3) is 4.20. The molecule has 0 aliphatic heterocycles. The maximum absolute atomic E-state index is 12.0. The molecule has 4 nitrogen and oxygen atoms in total. The van der Waals surface area contributed by atoms with Crippen LogP contribution in [0.3, 0.4) is 0 Å². The van der Waals surface area contributed by atoms with Gasteiger partial charge in [0.1, 0.15) is 5.54 Å². The summed E-state index contributed by atoms with van der Waals surface area (Å²) in [5, 5.41) is 15.9. The lowest BCUT2D eigenvalue weighted by Crippen LogP contribution is -2.49. The summed E-state index contributed by atoms with van der Waals surface area (Å²) < 4.78 is 0. The van der Waals surface area contributed by atoms with Gasteiger partial charge in [0.15, 0.2) is 0 Å². The van der Waals surface area contributed by atoms with Crippen molar-refractivity contribution in [2.75, 3.05) is 6.54 Å². The molecule has 0 radical (unpaired) electrons. The van der Waals surface area contributed by atoms with Crippen molar-refractivity contribution in [3.63, 3.8) is 0 Å². The van der Waals surface area contributed by atoms with Crippen LogP contribution in [0.1, 0.15) is 38.3 Å². The molecule has 1 aliphatic rings. The van der Waals surface area contributed by atoms with E-state index < -0.39 is 5.54 Å². The van der Waals surface area contributed by atoms with Crippen LogP contribution in [0.4, 0.5) is 0 Å². The van der Waals surface area contributed by atoms with Gasteiger partial charge >= 0.3 is 0 Å². The summed E-state index contributed by atoms with van der Waals surface area (Å²) in [5.41, 5.74) is 0.333. The molecular formula is C16H20ClN3O. The first kappa shape index (κ1) is 15.8. The summed E-state index contributed by atoms with van der Waals surface area (Å²) >= 11 is 5.85. The van der Waals surface area contributed by atoms with Gasteiger partial charge < -0.3 is 10.6 Å². The molecule has 0 saturated heterocycles. The third-order valence-corrected chi connectivity index (χ3v) is 4.22. The Labute approximate surface area is 130 Å². The Balaban J connectivity index is 1.83. The highest BCUT2D eigenvalue weighted by atomic mass is 35.5. The molecule has 1 amide bonds. The average Bonchev–Trinajstić information content (AvgIpc) is 3.30. The average molecular weight is 306 g/mol. The molecule has 2 atom stereocenters. The monoisotopic (exact) mass is 305 g/mol. The number of carbonyl (C=O) groups is 1. The zero-order valence-corrected chi connectivity index (χ0v) is 13.1. The molecule has 0 aromatic heterocycles. The van der Waals surface area contributed by atoms with Crippen LogP contribution in [0.15, 0.2) is 24.3 Å². The quantitative estimate of drug-likeness (QED) is 0.849. The van der Waals surface area contributed by atoms with Crippen LogP contribution >= 0.6 is 11.6 Å². The minimum Gasteiger partial charge on any atom is -0.337 e. The number of halogens is 1. The Bertz CT molecular complexity index is 548. The minimum atomic E-state index is -0.734. The summed E-state index contributed by atoms with van der Waals surface area (Å²) in [4.78, 5) is 12.0. The molecule has 0 spiro atoms. The van der Waals surface area contributed by atoms with Crippen molar-refractivity contribution in [3.05, 3.63) is 34.9 Å². The van der Waals surface area contributed by atoms with Gasteiger partial charge in [-0.15, -0.1) is 0 Å². The molecule has 2 N–H and O–H groups in total. The lowest BCUT2D eigenvalue weighted by molar-refractivity contribution is -0.121.